The molecule has 1 aromatic heterocycles. The Morgan fingerprint density at radius 2 is 1.81 bits per heavy atom. The second-order valence-corrected chi connectivity index (χ2v) is 8.03. The highest BCUT2D eigenvalue weighted by molar-refractivity contribution is 7.13. The number of aromatic nitrogens is 1. The third-order valence-electron chi connectivity index (χ3n) is 4.93. The highest BCUT2D eigenvalue weighted by Gasteiger charge is 2.25. The van der Waals surface area contributed by atoms with Crippen molar-refractivity contribution in [2.24, 2.45) is 0 Å². The van der Waals surface area contributed by atoms with Crippen LogP contribution in [0.3, 0.4) is 0 Å². The second-order valence-electron chi connectivity index (χ2n) is 6.83. The molecule has 2 aromatic rings. The summed E-state index contributed by atoms with van der Waals surface area (Å²) < 4.78 is 26.3. The topological polar surface area (TPSA) is 42.0 Å². The van der Waals surface area contributed by atoms with Gasteiger partial charge in [-0.15, -0.1) is 11.3 Å². The van der Waals surface area contributed by atoms with E-state index in [9.17, 15) is 13.6 Å². The van der Waals surface area contributed by atoms with Gasteiger partial charge in [-0.1, -0.05) is 50.3 Å². The van der Waals surface area contributed by atoms with Crippen LogP contribution in [0.5, 0.6) is 0 Å². The lowest BCUT2D eigenvalue weighted by molar-refractivity contribution is 0.101. The van der Waals surface area contributed by atoms with Gasteiger partial charge >= 0.3 is 0 Å². The minimum Gasteiger partial charge on any atom is -0.321 e. The first-order valence-electron chi connectivity index (χ1n) is 9.22. The third kappa shape index (κ3) is 4.47. The predicted molar refractivity (Wildman–Crippen MR) is 101 cm³/mol. The van der Waals surface area contributed by atoms with Gasteiger partial charge in [0.25, 0.3) is 12.3 Å². The maximum atomic E-state index is 13.2. The van der Waals surface area contributed by atoms with Crippen LogP contribution in [0.25, 0.3) is 0 Å². The summed E-state index contributed by atoms with van der Waals surface area (Å²) in [6.07, 6.45) is 5.65. The van der Waals surface area contributed by atoms with Gasteiger partial charge < -0.3 is 5.32 Å². The van der Waals surface area contributed by atoms with Gasteiger partial charge in [0, 0.05) is 5.69 Å². The number of anilines is 1. The zero-order valence-electron chi connectivity index (χ0n) is 14.9. The summed E-state index contributed by atoms with van der Waals surface area (Å²) in [6, 6.07) is 7.76. The van der Waals surface area contributed by atoms with E-state index >= 15 is 0 Å². The van der Waals surface area contributed by atoms with Crippen LogP contribution in [0, 0.1) is 6.92 Å². The molecule has 0 aliphatic heterocycles. The molecule has 0 spiro atoms. The average Bonchev–Trinajstić information content (AvgIpc) is 2.98. The lowest BCUT2D eigenvalue weighted by Crippen LogP contribution is -2.15. The van der Waals surface area contributed by atoms with Crippen LogP contribution in [0.4, 0.5) is 14.5 Å². The van der Waals surface area contributed by atoms with Crippen molar-refractivity contribution < 1.29 is 13.6 Å². The van der Waals surface area contributed by atoms with Crippen LogP contribution in [-0.4, -0.2) is 10.9 Å². The predicted octanol–water partition coefficient (Wildman–Crippen LogP) is 6.47. The SMILES string of the molecule is Cc1nc(C(F)F)c(C(=O)Nc2ccccc2C2CCCCCCC2)s1. The summed E-state index contributed by atoms with van der Waals surface area (Å²) in [6.45, 7) is 1.63. The quantitative estimate of drug-likeness (QED) is 0.662. The Labute approximate surface area is 156 Å². The molecule has 3 nitrogen and oxygen atoms in total. The minimum atomic E-state index is -2.75. The Bertz CT molecular complexity index is 752. The van der Waals surface area contributed by atoms with Gasteiger partial charge in [-0.05, 0) is 37.3 Å². The lowest BCUT2D eigenvalue weighted by Gasteiger charge is -2.22. The molecular weight excluding hydrogens is 354 g/mol. The van der Waals surface area contributed by atoms with E-state index in [1.54, 1.807) is 6.92 Å². The number of para-hydroxylation sites is 1. The summed E-state index contributed by atoms with van der Waals surface area (Å²) >= 11 is 1.01. The molecule has 1 aliphatic rings. The number of nitrogens with zero attached hydrogens (tertiary/aromatic N) is 1. The van der Waals surface area contributed by atoms with Crippen molar-refractivity contribution in [2.45, 2.75) is 64.2 Å². The summed E-state index contributed by atoms with van der Waals surface area (Å²) in [7, 11) is 0. The minimum absolute atomic E-state index is 0.00460. The molecule has 1 heterocycles. The van der Waals surface area contributed by atoms with Crippen molar-refractivity contribution >= 4 is 22.9 Å². The van der Waals surface area contributed by atoms with Crippen LogP contribution in [0.1, 0.15) is 83.2 Å². The Balaban J connectivity index is 1.83. The van der Waals surface area contributed by atoms with Crippen molar-refractivity contribution in [3.05, 3.63) is 45.4 Å². The van der Waals surface area contributed by atoms with Gasteiger partial charge in [-0.3, -0.25) is 4.79 Å². The summed E-state index contributed by atoms with van der Waals surface area (Å²) in [5, 5.41) is 3.34. The number of aryl methyl sites for hydroxylation is 1. The fraction of sp³-hybridized carbons (Fsp3) is 0.500. The first-order chi connectivity index (χ1) is 12.6. The van der Waals surface area contributed by atoms with Crippen molar-refractivity contribution in [2.75, 3.05) is 5.32 Å². The van der Waals surface area contributed by atoms with Crippen LogP contribution >= 0.6 is 11.3 Å². The number of thiazole rings is 1. The maximum Gasteiger partial charge on any atom is 0.282 e. The number of hydrogen-bond donors (Lipinski definition) is 1. The maximum absolute atomic E-state index is 13.2. The number of carbonyl (C=O) groups excluding carboxylic acids is 1. The highest BCUT2D eigenvalue weighted by Crippen LogP contribution is 2.35. The Kier molecular flexibility index (Phi) is 6.35. The molecule has 0 bridgehead atoms. The van der Waals surface area contributed by atoms with E-state index in [1.165, 1.54) is 32.1 Å². The number of hydrogen-bond acceptors (Lipinski definition) is 3. The molecule has 1 amide bonds. The Morgan fingerprint density at radius 1 is 1.15 bits per heavy atom. The zero-order valence-corrected chi connectivity index (χ0v) is 15.7. The van der Waals surface area contributed by atoms with Gasteiger partial charge in [0.05, 0.1) is 5.01 Å². The molecule has 140 valence electrons. The second kappa shape index (κ2) is 8.71. The molecule has 1 aromatic carbocycles. The molecule has 0 unspecified atom stereocenters. The van der Waals surface area contributed by atoms with Crippen LogP contribution in [0.2, 0.25) is 0 Å². The van der Waals surface area contributed by atoms with E-state index in [0.717, 1.165) is 35.4 Å². The molecule has 0 atom stereocenters. The number of alkyl halides is 2. The highest BCUT2D eigenvalue weighted by atomic mass is 32.1. The van der Waals surface area contributed by atoms with E-state index in [4.69, 9.17) is 0 Å². The number of benzene rings is 1. The molecule has 1 fully saturated rings. The molecule has 6 heteroatoms. The summed E-state index contributed by atoms with van der Waals surface area (Å²) in [5.74, 6) is -0.0891. The molecule has 1 aliphatic carbocycles. The zero-order chi connectivity index (χ0) is 18.5. The van der Waals surface area contributed by atoms with Crippen molar-refractivity contribution in [1.29, 1.82) is 0 Å². The molecule has 26 heavy (non-hydrogen) atoms. The van der Waals surface area contributed by atoms with E-state index < -0.39 is 18.0 Å². The van der Waals surface area contributed by atoms with E-state index in [2.05, 4.69) is 10.3 Å². The fourth-order valence-electron chi connectivity index (χ4n) is 3.67. The summed E-state index contributed by atoms with van der Waals surface area (Å²) in [5.41, 5.74) is 1.42. The van der Waals surface area contributed by atoms with Crippen molar-refractivity contribution in [3.63, 3.8) is 0 Å². The van der Waals surface area contributed by atoms with E-state index in [0.29, 0.717) is 10.9 Å². The molecular formula is C20H24F2N2OS. The number of nitrogens with one attached hydrogen (secondary N) is 1. The van der Waals surface area contributed by atoms with Crippen LogP contribution < -0.4 is 5.32 Å². The fourth-order valence-corrected chi connectivity index (χ4v) is 4.49. The largest absolute Gasteiger partial charge is 0.321 e. The normalized spacial score (nSPS) is 16.3. The first kappa shape index (κ1) is 19.0. The van der Waals surface area contributed by atoms with E-state index in [1.807, 2.05) is 24.3 Å². The first-order valence-corrected chi connectivity index (χ1v) is 10.0. The molecule has 0 saturated heterocycles. The molecule has 0 radical (unpaired) electrons. The van der Waals surface area contributed by atoms with Gasteiger partial charge in [0.2, 0.25) is 0 Å². The monoisotopic (exact) mass is 378 g/mol. The van der Waals surface area contributed by atoms with Crippen molar-refractivity contribution in [3.8, 4) is 0 Å². The van der Waals surface area contributed by atoms with Gasteiger partial charge in [-0.25, -0.2) is 13.8 Å². The third-order valence-corrected chi connectivity index (χ3v) is 5.91. The smallest absolute Gasteiger partial charge is 0.282 e. The van der Waals surface area contributed by atoms with Gasteiger partial charge in [0.15, 0.2) is 0 Å². The van der Waals surface area contributed by atoms with Crippen LogP contribution in [0.15, 0.2) is 24.3 Å². The molecule has 1 saturated carbocycles. The number of rotatable bonds is 4. The molecule has 1 N–H and O–H groups in total. The van der Waals surface area contributed by atoms with Gasteiger partial charge in [-0.2, -0.15) is 0 Å². The summed E-state index contributed by atoms with van der Waals surface area (Å²) in [4.78, 5) is 16.5. The number of amides is 1. The average molecular weight is 378 g/mol. The van der Waals surface area contributed by atoms with Crippen LogP contribution in [-0.2, 0) is 0 Å². The van der Waals surface area contributed by atoms with E-state index in [-0.39, 0.29) is 4.88 Å². The van der Waals surface area contributed by atoms with Gasteiger partial charge in [0.1, 0.15) is 10.6 Å². The Morgan fingerprint density at radius 3 is 2.50 bits per heavy atom. The standard InChI is InChI=1S/C20H24F2N2OS/c1-13-23-17(19(21)22)18(26-13)20(25)24-16-12-8-7-11-15(16)14-9-5-3-2-4-6-10-14/h7-8,11-12,14,19H,2-6,9-10H2,1H3,(H,24,25). The number of carbonyl (C=O) groups is 1. The van der Waals surface area contributed by atoms with Crippen molar-refractivity contribution in [1.82, 2.24) is 4.98 Å². The number of halogens is 2. The Hall–Kier alpha value is -1.82. The molecule has 3 rings (SSSR count). The lowest BCUT2D eigenvalue weighted by atomic mass is 9.85.